The van der Waals surface area contributed by atoms with Crippen LogP contribution in [-0.2, 0) is 0 Å². The summed E-state index contributed by atoms with van der Waals surface area (Å²) in [6, 6.07) is 1.25. The van der Waals surface area contributed by atoms with Gasteiger partial charge in [-0.3, -0.25) is 0 Å². The summed E-state index contributed by atoms with van der Waals surface area (Å²) in [5.41, 5.74) is 5.76. The minimum atomic E-state index is 0.227. The number of anilines is 2. The molecule has 2 atom stereocenters. The number of aromatic nitrogens is 3. The lowest BCUT2D eigenvalue weighted by molar-refractivity contribution is 0.291. The predicted molar refractivity (Wildman–Crippen MR) is 75.3 cm³/mol. The average Bonchev–Trinajstić information content (AvgIpc) is 2.77. The van der Waals surface area contributed by atoms with Crippen molar-refractivity contribution in [3.8, 4) is 6.01 Å². The van der Waals surface area contributed by atoms with Gasteiger partial charge in [-0.05, 0) is 32.6 Å². The van der Waals surface area contributed by atoms with Gasteiger partial charge in [0, 0.05) is 12.1 Å². The highest BCUT2D eigenvalue weighted by atomic mass is 16.5. The Labute approximate surface area is 114 Å². The van der Waals surface area contributed by atoms with Gasteiger partial charge in [-0.1, -0.05) is 13.8 Å². The van der Waals surface area contributed by atoms with Crippen molar-refractivity contribution in [1.29, 1.82) is 0 Å². The van der Waals surface area contributed by atoms with Crippen molar-refractivity contribution in [2.75, 3.05) is 17.2 Å². The van der Waals surface area contributed by atoms with Crippen LogP contribution in [0.4, 0.5) is 11.9 Å². The third kappa shape index (κ3) is 3.05. The summed E-state index contributed by atoms with van der Waals surface area (Å²) >= 11 is 0. The lowest BCUT2D eigenvalue weighted by atomic mass is 10.2. The van der Waals surface area contributed by atoms with E-state index < -0.39 is 0 Å². The van der Waals surface area contributed by atoms with Gasteiger partial charge in [-0.25, -0.2) is 0 Å². The van der Waals surface area contributed by atoms with E-state index in [1.165, 1.54) is 6.42 Å². The Morgan fingerprint density at radius 2 is 2.05 bits per heavy atom. The topological polar surface area (TPSA) is 77.2 Å². The molecule has 0 radical (unpaired) electrons. The number of nitrogens with zero attached hydrogens (tertiary/aromatic N) is 4. The molecule has 6 nitrogen and oxygen atoms in total. The molecule has 19 heavy (non-hydrogen) atoms. The summed E-state index contributed by atoms with van der Waals surface area (Å²) < 4.78 is 5.47. The average molecular weight is 265 g/mol. The largest absolute Gasteiger partial charge is 0.463 e. The maximum Gasteiger partial charge on any atom is 0.323 e. The van der Waals surface area contributed by atoms with Gasteiger partial charge >= 0.3 is 6.01 Å². The summed E-state index contributed by atoms with van der Waals surface area (Å²) in [7, 11) is 0. The van der Waals surface area contributed by atoms with Crippen molar-refractivity contribution in [1.82, 2.24) is 15.0 Å². The molecule has 0 spiro atoms. The number of nitrogens with two attached hydrogens (primary N) is 1. The summed E-state index contributed by atoms with van der Waals surface area (Å²) in [6.45, 7) is 7.02. The molecule has 1 saturated heterocycles. The molecular weight excluding hydrogens is 242 g/mol. The Hall–Kier alpha value is -1.59. The molecule has 0 aliphatic carbocycles. The van der Waals surface area contributed by atoms with Crippen molar-refractivity contribution in [2.45, 2.75) is 58.5 Å². The van der Waals surface area contributed by atoms with Gasteiger partial charge in [0.05, 0.1) is 6.61 Å². The fraction of sp³-hybridized carbons (Fsp3) is 0.769. The van der Waals surface area contributed by atoms with Gasteiger partial charge in [0.2, 0.25) is 11.9 Å². The predicted octanol–water partition coefficient (Wildman–Crippen LogP) is 2.01. The molecule has 1 fully saturated rings. The highest BCUT2D eigenvalue weighted by Gasteiger charge is 2.31. The first kappa shape index (κ1) is 13.8. The molecule has 2 heterocycles. The van der Waals surface area contributed by atoms with Crippen molar-refractivity contribution >= 4 is 11.9 Å². The van der Waals surface area contributed by atoms with Crippen molar-refractivity contribution in [3.05, 3.63) is 0 Å². The van der Waals surface area contributed by atoms with Gasteiger partial charge in [-0.15, -0.1) is 0 Å². The van der Waals surface area contributed by atoms with Crippen LogP contribution >= 0.6 is 0 Å². The number of ether oxygens (including phenoxy) is 1. The second-order valence-corrected chi connectivity index (χ2v) is 5.02. The second kappa shape index (κ2) is 6.04. The Bertz CT molecular complexity index is 425. The molecule has 1 aromatic rings. The smallest absolute Gasteiger partial charge is 0.323 e. The van der Waals surface area contributed by atoms with E-state index in [0.29, 0.717) is 30.6 Å². The highest BCUT2D eigenvalue weighted by molar-refractivity contribution is 5.39. The zero-order valence-electron chi connectivity index (χ0n) is 12.0. The summed E-state index contributed by atoms with van der Waals surface area (Å²) in [5.74, 6) is 0.875. The maximum absolute atomic E-state index is 5.76. The van der Waals surface area contributed by atoms with E-state index in [0.717, 1.165) is 19.3 Å². The van der Waals surface area contributed by atoms with E-state index in [1.54, 1.807) is 0 Å². The van der Waals surface area contributed by atoms with Crippen molar-refractivity contribution < 1.29 is 4.74 Å². The van der Waals surface area contributed by atoms with Crippen LogP contribution in [-0.4, -0.2) is 33.6 Å². The van der Waals surface area contributed by atoms with Gasteiger partial charge < -0.3 is 15.4 Å². The van der Waals surface area contributed by atoms with E-state index in [2.05, 4.69) is 33.7 Å². The molecule has 0 saturated carbocycles. The van der Waals surface area contributed by atoms with Crippen LogP contribution in [0.3, 0.4) is 0 Å². The molecule has 0 aromatic carbocycles. The van der Waals surface area contributed by atoms with E-state index in [4.69, 9.17) is 10.5 Å². The zero-order chi connectivity index (χ0) is 13.8. The molecule has 2 rings (SSSR count). The maximum atomic E-state index is 5.76. The number of hydrogen-bond donors (Lipinski definition) is 1. The van der Waals surface area contributed by atoms with Crippen LogP contribution in [0.2, 0.25) is 0 Å². The molecule has 0 bridgehead atoms. The molecule has 1 aliphatic rings. The van der Waals surface area contributed by atoms with Gasteiger partial charge in [0.1, 0.15) is 0 Å². The number of hydrogen-bond acceptors (Lipinski definition) is 6. The monoisotopic (exact) mass is 265 g/mol. The summed E-state index contributed by atoms with van der Waals surface area (Å²) in [4.78, 5) is 14.9. The van der Waals surface area contributed by atoms with Gasteiger partial charge in [0.15, 0.2) is 0 Å². The van der Waals surface area contributed by atoms with E-state index in [9.17, 15) is 0 Å². The highest BCUT2D eigenvalue weighted by Crippen LogP contribution is 2.30. The van der Waals surface area contributed by atoms with Gasteiger partial charge in [0.25, 0.3) is 0 Å². The van der Waals surface area contributed by atoms with Crippen molar-refractivity contribution in [3.63, 3.8) is 0 Å². The molecule has 2 unspecified atom stereocenters. The van der Waals surface area contributed by atoms with E-state index >= 15 is 0 Å². The molecule has 0 amide bonds. The molecule has 1 aromatic heterocycles. The lowest BCUT2D eigenvalue weighted by Crippen LogP contribution is -2.35. The van der Waals surface area contributed by atoms with Crippen molar-refractivity contribution in [2.24, 2.45) is 0 Å². The molecule has 1 aliphatic heterocycles. The zero-order valence-corrected chi connectivity index (χ0v) is 12.0. The fourth-order valence-corrected chi connectivity index (χ4v) is 2.57. The molecular formula is C13H23N5O. The third-order valence-electron chi connectivity index (χ3n) is 3.54. The standard InChI is InChI=1S/C13H23N5O/c1-4-8-19-13-16-11(14)15-12(17-13)18-9(3)6-7-10(18)5-2/h9-10H,4-8H2,1-3H3,(H2,14,15,16,17). The lowest BCUT2D eigenvalue weighted by Gasteiger charge is -2.27. The van der Waals surface area contributed by atoms with Crippen LogP contribution in [0.15, 0.2) is 0 Å². The minimum absolute atomic E-state index is 0.227. The Balaban J connectivity index is 2.25. The first-order valence-electron chi connectivity index (χ1n) is 7.08. The first-order chi connectivity index (χ1) is 9.15. The Morgan fingerprint density at radius 3 is 2.74 bits per heavy atom. The van der Waals surface area contributed by atoms with Gasteiger partial charge in [-0.2, -0.15) is 15.0 Å². The first-order valence-corrected chi connectivity index (χ1v) is 7.08. The van der Waals surface area contributed by atoms with Crippen LogP contribution in [0.1, 0.15) is 46.5 Å². The quantitative estimate of drug-likeness (QED) is 0.877. The molecule has 106 valence electrons. The Kier molecular flexibility index (Phi) is 4.39. The minimum Gasteiger partial charge on any atom is -0.463 e. The fourth-order valence-electron chi connectivity index (χ4n) is 2.57. The molecule has 2 N–H and O–H groups in total. The Morgan fingerprint density at radius 1 is 1.26 bits per heavy atom. The van der Waals surface area contributed by atoms with Crippen LogP contribution in [0, 0.1) is 0 Å². The third-order valence-corrected chi connectivity index (χ3v) is 3.54. The van der Waals surface area contributed by atoms with Crippen LogP contribution < -0.4 is 15.4 Å². The van der Waals surface area contributed by atoms with Crippen LogP contribution in [0.25, 0.3) is 0 Å². The number of nitrogen functional groups attached to an aromatic ring is 1. The summed E-state index contributed by atoms with van der Waals surface area (Å²) in [5, 5.41) is 0. The SMILES string of the molecule is CCCOc1nc(N)nc(N2C(C)CCC2CC)n1. The van der Waals surface area contributed by atoms with E-state index in [1.807, 2.05) is 6.92 Å². The van der Waals surface area contributed by atoms with E-state index in [-0.39, 0.29) is 5.95 Å². The normalized spacial score (nSPS) is 22.8. The summed E-state index contributed by atoms with van der Waals surface area (Å²) in [6.07, 6.45) is 4.34. The number of rotatable bonds is 5. The molecule has 6 heteroatoms. The van der Waals surface area contributed by atoms with Crippen LogP contribution in [0.5, 0.6) is 6.01 Å². The second-order valence-electron chi connectivity index (χ2n) is 5.02.